The Morgan fingerprint density at radius 2 is 1.42 bits per heavy atom. The lowest BCUT2D eigenvalue weighted by atomic mass is 10.0. The Balaban J connectivity index is 2.95. The molecule has 0 aliphatic heterocycles. The molecule has 0 saturated heterocycles. The zero-order chi connectivity index (χ0) is 27.4. The standard InChI is InChI=1S/C23H34N6O7/c1-12(2)19(29-20(32)14(24)8-9-17(25)30)22(34)27-15(11-18(26)31)21(33)28-16(23(35)36)10-13-6-4-3-5-7-13/h3-7,12,14-16,19H,8-11,24H2,1-2H3,(H2,25,30)(H2,26,31)(H,27,34)(H,28,33)(H,29,32)(H,35,36). The monoisotopic (exact) mass is 506 g/mol. The molecule has 0 aliphatic carbocycles. The van der Waals surface area contributed by atoms with E-state index in [1.165, 1.54) is 0 Å². The maximum absolute atomic E-state index is 12.9. The van der Waals surface area contributed by atoms with Crippen LogP contribution >= 0.6 is 0 Å². The number of hydrogen-bond donors (Lipinski definition) is 7. The maximum Gasteiger partial charge on any atom is 0.326 e. The number of nitrogens with one attached hydrogen (secondary N) is 3. The quantitative estimate of drug-likeness (QED) is 0.139. The van der Waals surface area contributed by atoms with Gasteiger partial charge in [-0.3, -0.25) is 24.0 Å². The van der Waals surface area contributed by atoms with Gasteiger partial charge in [-0.1, -0.05) is 44.2 Å². The molecule has 0 heterocycles. The summed E-state index contributed by atoms with van der Waals surface area (Å²) in [6.07, 6.45) is -0.792. The van der Waals surface area contributed by atoms with Crippen molar-refractivity contribution in [2.45, 2.75) is 63.7 Å². The first-order valence-electron chi connectivity index (χ1n) is 11.3. The number of carboxylic acids is 1. The van der Waals surface area contributed by atoms with Crippen LogP contribution in [0.1, 0.15) is 38.7 Å². The average Bonchev–Trinajstić information content (AvgIpc) is 2.79. The Hall–Kier alpha value is -4.00. The van der Waals surface area contributed by atoms with E-state index in [2.05, 4.69) is 16.0 Å². The summed E-state index contributed by atoms with van der Waals surface area (Å²) in [5.41, 5.74) is 16.7. The summed E-state index contributed by atoms with van der Waals surface area (Å²) < 4.78 is 0. The van der Waals surface area contributed by atoms with Crippen LogP contribution in [0.15, 0.2) is 30.3 Å². The van der Waals surface area contributed by atoms with Crippen LogP contribution in [0.25, 0.3) is 0 Å². The molecule has 0 bridgehead atoms. The summed E-state index contributed by atoms with van der Waals surface area (Å²) in [7, 11) is 0. The lowest BCUT2D eigenvalue weighted by Crippen LogP contribution is -2.59. The number of nitrogens with two attached hydrogens (primary N) is 3. The smallest absolute Gasteiger partial charge is 0.326 e. The number of aliphatic carboxylic acids is 1. The fourth-order valence-corrected chi connectivity index (χ4v) is 3.22. The van der Waals surface area contributed by atoms with Gasteiger partial charge in [-0.25, -0.2) is 4.79 Å². The Kier molecular flexibility index (Phi) is 12.0. The van der Waals surface area contributed by atoms with E-state index in [1.54, 1.807) is 44.2 Å². The van der Waals surface area contributed by atoms with Crippen molar-refractivity contribution in [3.63, 3.8) is 0 Å². The minimum absolute atomic E-state index is 0.0295. The number of carboxylic acid groups (broad SMARTS) is 1. The Bertz CT molecular complexity index is 954. The van der Waals surface area contributed by atoms with Gasteiger partial charge in [-0.05, 0) is 17.9 Å². The highest BCUT2D eigenvalue weighted by molar-refractivity contribution is 5.96. The number of hydrogen-bond acceptors (Lipinski definition) is 7. The largest absolute Gasteiger partial charge is 0.480 e. The van der Waals surface area contributed by atoms with Gasteiger partial charge in [0.25, 0.3) is 0 Å². The molecule has 13 nitrogen and oxygen atoms in total. The van der Waals surface area contributed by atoms with Gasteiger partial charge in [-0.2, -0.15) is 0 Å². The molecular formula is C23H34N6O7. The van der Waals surface area contributed by atoms with Gasteiger partial charge in [-0.15, -0.1) is 0 Å². The van der Waals surface area contributed by atoms with E-state index in [-0.39, 0.29) is 19.3 Å². The molecule has 10 N–H and O–H groups in total. The van der Waals surface area contributed by atoms with Crippen LogP contribution in [0.2, 0.25) is 0 Å². The van der Waals surface area contributed by atoms with Crippen molar-refractivity contribution in [1.82, 2.24) is 16.0 Å². The summed E-state index contributed by atoms with van der Waals surface area (Å²) in [6, 6.07) is 3.48. The van der Waals surface area contributed by atoms with E-state index in [9.17, 15) is 33.9 Å². The molecule has 1 rings (SSSR count). The van der Waals surface area contributed by atoms with E-state index in [4.69, 9.17) is 17.2 Å². The second-order valence-electron chi connectivity index (χ2n) is 8.66. The summed E-state index contributed by atoms with van der Waals surface area (Å²) in [5.74, 6) is -5.77. The van der Waals surface area contributed by atoms with E-state index in [1.807, 2.05) is 0 Å². The summed E-state index contributed by atoms with van der Waals surface area (Å²) in [6.45, 7) is 3.26. The van der Waals surface area contributed by atoms with Crippen molar-refractivity contribution in [3.05, 3.63) is 35.9 Å². The van der Waals surface area contributed by atoms with Crippen LogP contribution < -0.4 is 33.2 Å². The molecule has 1 aromatic carbocycles. The van der Waals surface area contributed by atoms with Crippen LogP contribution in [0.5, 0.6) is 0 Å². The van der Waals surface area contributed by atoms with Crippen molar-refractivity contribution < 1.29 is 33.9 Å². The molecule has 4 unspecified atom stereocenters. The number of rotatable bonds is 15. The molecule has 0 fully saturated rings. The highest BCUT2D eigenvalue weighted by Crippen LogP contribution is 2.07. The highest BCUT2D eigenvalue weighted by atomic mass is 16.4. The SMILES string of the molecule is CC(C)C(NC(=O)C(N)CCC(N)=O)C(=O)NC(CC(N)=O)C(=O)NC(Cc1ccccc1)C(=O)O. The lowest BCUT2D eigenvalue weighted by molar-refractivity contribution is -0.142. The van der Waals surface area contributed by atoms with Crippen molar-refractivity contribution in [2.75, 3.05) is 0 Å². The molecule has 1 aromatic rings. The maximum atomic E-state index is 12.9. The van der Waals surface area contributed by atoms with Gasteiger partial charge in [0.15, 0.2) is 0 Å². The second kappa shape index (κ2) is 14.4. The molecule has 0 spiro atoms. The third-order valence-electron chi connectivity index (χ3n) is 5.22. The first kappa shape index (κ1) is 30.0. The summed E-state index contributed by atoms with van der Waals surface area (Å²) >= 11 is 0. The minimum atomic E-state index is -1.49. The topological polar surface area (TPSA) is 237 Å². The van der Waals surface area contributed by atoms with Crippen LogP contribution in [0, 0.1) is 5.92 Å². The third-order valence-corrected chi connectivity index (χ3v) is 5.22. The number of carbonyl (C=O) groups is 6. The first-order valence-corrected chi connectivity index (χ1v) is 11.3. The van der Waals surface area contributed by atoms with Crippen LogP contribution in [0.3, 0.4) is 0 Å². The fraction of sp³-hybridized carbons (Fsp3) is 0.478. The van der Waals surface area contributed by atoms with E-state index < -0.39 is 72.0 Å². The van der Waals surface area contributed by atoms with E-state index in [0.717, 1.165) is 0 Å². The molecule has 4 atom stereocenters. The first-order chi connectivity index (χ1) is 16.8. The molecule has 0 aliphatic rings. The van der Waals surface area contributed by atoms with Gasteiger partial charge in [0.2, 0.25) is 29.5 Å². The van der Waals surface area contributed by atoms with Crippen molar-refractivity contribution in [3.8, 4) is 0 Å². The molecule has 13 heteroatoms. The third kappa shape index (κ3) is 10.5. The summed E-state index contributed by atoms with van der Waals surface area (Å²) in [4.78, 5) is 72.3. The van der Waals surface area contributed by atoms with Crippen molar-refractivity contribution >= 4 is 35.5 Å². The van der Waals surface area contributed by atoms with E-state index >= 15 is 0 Å². The number of primary amides is 2. The van der Waals surface area contributed by atoms with Gasteiger partial charge >= 0.3 is 5.97 Å². The molecule has 0 radical (unpaired) electrons. The molecule has 0 saturated carbocycles. The Labute approximate surface area is 208 Å². The lowest BCUT2D eigenvalue weighted by Gasteiger charge is -2.26. The molecule has 5 amide bonds. The predicted octanol–water partition coefficient (Wildman–Crippen LogP) is -2.11. The predicted molar refractivity (Wildman–Crippen MR) is 129 cm³/mol. The fourth-order valence-electron chi connectivity index (χ4n) is 3.22. The average molecular weight is 507 g/mol. The number of amides is 5. The Morgan fingerprint density at radius 1 is 0.833 bits per heavy atom. The zero-order valence-corrected chi connectivity index (χ0v) is 20.2. The normalized spacial score (nSPS) is 14.1. The molecule has 198 valence electrons. The Morgan fingerprint density at radius 3 is 1.92 bits per heavy atom. The summed E-state index contributed by atoms with van der Waals surface area (Å²) in [5, 5.41) is 16.7. The number of carbonyl (C=O) groups excluding carboxylic acids is 5. The molecule has 0 aromatic heterocycles. The van der Waals surface area contributed by atoms with E-state index in [0.29, 0.717) is 5.56 Å². The van der Waals surface area contributed by atoms with Crippen LogP contribution in [0.4, 0.5) is 0 Å². The van der Waals surface area contributed by atoms with Gasteiger partial charge in [0.05, 0.1) is 12.5 Å². The minimum Gasteiger partial charge on any atom is -0.480 e. The molecular weight excluding hydrogens is 472 g/mol. The molecule has 36 heavy (non-hydrogen) atoms. The van der Waals surface area contributed by atoms with Crippen LogP contribution in [-0.2, 0) is 35.2 Å². The van der Waals surface area contributed by atoms with Gasteiger partial charge in [0.1, 0.15) is 18.1 Å². The van der Waals surface area contributed by atoms with Gasteiger partial charge < -0.3 is 38.3 Å². The van der Waals surface area contributed by atoms with Gasteiger partial charge in [0, 0.05) is 12.8 Å². The highest BCUT2D eigenvalue weighted by Gasteiger charge is 2.32. The second-order valence-corrected chi connectivity index (χ2v) is 8.66. The van der Waals surface area contributed by atoms with Crippen molar-refractivity contribution in [2.24, 2.45) is 23.1 Å². The van der Waals surface area contributed by atoms with Crippen molar-refractivity contribution in [1.29, 1.82) is 0 Å². The zero-order valence-electron chi connectivity index (χ0n) is 20.2. The number of benzene rings is 1. The van der Waals surface area contributed by atoms with Crippen LogP contribution in [-0.4, -0.2) is 64.8 Å².